The van der Waals surface area contributed by atoms with Gasteiger partial charge in [-0.3, -0.25) is 14.5 Å². The maximum Gasteiger partial charge on any atom is 0.265 e. The highest BCUT2D eigenvalue weighted by molar-refractivity contribution is 8.04. The number of carbonyl (C=O) groups is 2. The first kappa shape index (κ1) is 24.5. The number of benzene rings is 2. The van der Waals surface area contributed by atoms with E-state index in [4.69, 9.17) is 0 Å². The summed E-state index contributed by atoms with van der Waals surface area (Å²) in [6.45, 7) is 8.30. The second kappa shape index (κ2) is 11.2. The second-order valence-electron chi connectivity index (χ2n) is 9.40. The molecule has 34 heavy (non-hydrogen) atoms. The zero-order valence-corrected chi connectivity index (χ0v) is 20.6. The van der Waals surface area contributed by atoms with Crippen molar-refractivity contribution in [2.24, 2.45) is 11.8 Å². The lowest BCUT2D eigenvalue weighted by molar-refractivity contribution is -0.122. The number of carbonyl (C=O) groups excluding carboxylic acids is 2. The van der Waals surface area contributed by atoms with Gasteiger partial charge in [0.25, 0.3) is 5.91 Å². The van der Waals surface area contributed by atoms with Crippen LogP contribution < -0.4 is 10.2 Å². The van der Waals surface area contributed by atoms with Crippen molar-refractivity contribution in [3.63, 3.8) is 0 Å². The van der Waals surface area contributed by atoms with Gasteiger partial charge < -0.3 is 10.2 Å². The van der Waals surface area contributed by atoms with Gasteiger partial charge in [0.05, 0.1) is 10.6 Å². The van der Waals surface area contributed by atoms with E-state index in [0.29, 0.717) is 34.5 Å². The lowest BCUT2D eigenvalue weighted by Gasteiger charge is -2.35. The summed E-state index contributed by atoms with van der Waals surface area (Å²) in [5.74, 6) is 0.559. The Labute approximate surface area is 205 Å². The van der Waals surface area contributed by atoms with Crippen LogP contribution in [0.1, 0.15) is 32.3 Å². The van der Waals surface area contributed by atoms with Gasteiger partial charge in [-0.15, -0.1) is 0 Å². The number of thioether (sulfide) groups is 1. The Morgan fingerprint density at radius 2 is 1.82 bits per heavy atom. The summed E-state index contributed by atoms with van der Waals surface area (Å²) >= 11 is 1.30. The Morgan fingerprint density at radius 1 is 1.12 bits per heavy atom. The second-order valence-corrected chi connectivity index (χ2v) is 10.5. The van der Waals surface area contributed by atoms with E-state index in [9.17, 15) is 14.0 Å². The minimum atomic E-state index is -0.385. The molecule has 2 amide bonds. The molecule has 2 aromatic carbocycles. The highest BCUT2D eigenvalue weighted by Crippen LogP contribution is 2.42. The number of nitrogens with zero attached hydrogens (tertiary/aromatic N) is 2. The molecule has 1 N–H and O–H groups in total. The normalized spacial score (nSPS) is 22.0. The summed E-state index contributed by atoms with van der Waals surface area (Å²) in [4.78, 5) is 31.2. The lowest BCUT2D eigenvalue weighted by atomic mass is 9.92. The van der Waals surface area contributed by atoms with Gasteiger partial charge in [-0.05, 0) is 55.5 Å². The van der Waals surface area contributed by atoms with Crippen LogP contribution in [0.25, 0.3) is 6.08 Å². The van der Waals surface area contributed by atoms with E-state index in [-0.39, 0.29) is 24.2 Å². The topological polar surface area (TPSA) is 52.7 Å². The minimum absolute atomic E-state index is 0.0667. The molecule has 5 nitrogen and oxygen atoms in total. The van der Waals surface area contributed by atoms with Gasteiger partial charge in [0.2, 0.25) is 5.91 Å². The number of hydrogen-bond donors (Lipinski definition) is 1. The molecule has 2 unspecified atom stereocenters. The SMILES string of the molecule is CC1CC(C)CN(CCCNC(=O)CN2C(=O)/C(=C/c3ccccc3F)Sc3ccccc32)C1. The molecule has 0 spiro atoms. The standard InChI is InChI=1S/C27H32FN3O2S/c1-19-14-20(2)17-30(16-19)13-7-12-29-26(32)18-31-23-10-5-6-11-24(23)34-25(27(31)33)15-21-8-3-4-9-22(21)28/h3-6,8-11,15,19-20H,7,12-14,16-18H2,1-2H3,(H,29,32)/b25-15-. The predicted molar refractivity (Wildman–Crippen MR) is 136 cm³/mol. The molecule has 0 bridgehead atoms. The van der Waals surface area contributed by atoms with Crippen molar-refractivity contribution in [2.75, 3.05) is 37.6 Å². The quantitative estimate of drug-likeness (QED) is 0.456. The van der Waals surface area contributed by atoms with E-state index >= 15 is 0 Å². The van der Waals surface area contributed by atoms with Crippen molar-refractivity contribution in [2.45, 2.75) is 31.6 Å². The first-order valence-corrected chi connectivity index (χ1v) is 12.8. The van der Waals surface area contributed by atoms with Crippen LogP contribution in [0.2, 0.25) is 0 Å². The van der Waals surface area contributed by atoms with Crippen LogP contribution in [0, 0.1) is 17.7 Å². The van der Waals surface area contributed by atoms with E-state index in [1.807, 2.05) is 24.3 Å². The number of amides is 2. The number of anilines is 1. The minimum Gasteiger partial charge on any atom is -0.355 e. The van der Waals surface area contributed by atoms with Crippen molar-refractivity contribution in [3.05, 3.63) is 64.8 Å². The number of fused-ring (bicyclic) bond motifs is 1. The van der Waals surface area contributed by atoms with Crippen LogP contribution in [0.5, 0.6) is 0 Å². The number of piperidine rings is 1. The van der Waals surface area contributed by atoms with Crippen LogP contribution in [0.15, 0.2) is 58.3 Å². The van der Waals surface area contributed by atoms with Crippen LogP contribution in [0.4, 0.5) is 10.1 Å². The Bertz CT molecular complexity index is 1060. The molecule has 0 aliphatic carbocycles. The molecule has 2 aliphatic heterocycles. The predicted octanol–water partition coefficient (Wildman–Crippen LogP) is 4.79. The molecule has 7 heteroatoms. The van der Waals surface area contributed by atoms with Gasteiger partial charge in [-0.25, -0.2) is 4.39 Å². The summed E-state index contributed by atoms with van der Waals surface area (Å²) < 4.78 is 14.2. The van der Waals surface area contributed by atoms with E-state index in [2.05, 4.69) is 24.1 Å². The third-order valence-corrected chi connectivity index (χ3v) is 7.32. The molecule has 1 fully saturated rings. The fourth-order valence-corrected chi connectivity index (χ4v) is 5.91. The average molecular weight is 482 g/mol. The third kappa shape index (κ3) is 6.07. The molecule has 0 aromatic heterocycles. The van der Waals surface area contributed by atoms with Crippen molar-refractivity contribution in [3.8, 4) is 0 Å². The summed E-state index contributed by atoms with van der Waals surface area (Å²) in [5.41, 5.74) is 1.05. The first-order chi connectivity index (χ1) is 16.4. The number of nitrogens with one attached hydrogen (secondary N) is 1. The fraction of sp³-hybridized carbons (Fsp3) is 0.407. The zero-order valence-electron chi connectivity index (χ0n) is 19.8. The Hall–Kier alpha value is -2.64. The molecular formula is C27H32FN3O2S. The summed E-state index contributed by atoms with van der Waals surface area (Å²) in [7, 11) is 0. The number of rotatable bonds is 7. The Kier molecular flexibility index (Phi) is 8.06. The van der Waals surface area contributed by atoms with Crippen molar-refractivity contribution in [1.82, 2.24) is 10.2 Å². The van der Waals surface area contributed by atoms with Gasteiger partial charge in [-0.2, -0.15) is 0 Å². The van der Waals surface area contributed by atoms with Crippen molar-refractivity contribution in [1.29, 1.82) is 0 Å². The Balaban J connectivity index is 1.38. The van der Waals surface area contributed by atoms with E-state index in [1.54, 1.807) is 24.3 Å². The van der Waals surface area contributed by atoms with Gasteiger partial charge >= 0.3 is 0 Å². The molecule has 2 heterocycles. The molecule has 0 radical (unpaired) electrons. The average Bonchev–Trinajstić information content (AvgIpc) is 2.80. The van der Waals surface area contributed by atoms with Crippen LogP contribution in [0.3, 0.4) is 0 Å². The molecule has 4 rings (SSSR count). The third-order valence-electron chi connectivity index (χ3n) is 6.24. The smallest absolute Gasteiger partial charge is 0.265 e. The van der Waals surface area contributed by atoms with Gasteiger partial charge in [0.1, 0.15) is 12.4 Å². The number of para-hydroxylation sites is 1. The summed E-state index contributed by atoms with van der Waals surface area (Å²) in [6, 6.07) is 13.8. The molecule has 0 saturated carbocycles. The fourth-order valence-electron chi connectivity index (χ4n) is 4.86. The van der Waals surface area contributed by atoms with Crippen LogP contribution in [-0.4, -0.2) is 49.4 Å². The molecule has 180 valence electrons. The van der Waals surface area contributed by atoms with Crippen LogP contribution >= 0.6 is 11.8 Å². The zero-order chi connectivity index (χ0) is 24.1. The largest absolute Gasteiger partial charge is 0.355 e. The number of halogens is 1. The Morgan fingerprint density at radius 3 is 2.59 bits per heavy atom. The monoisotopic (exact) mass is 481 g/mol. The maximum absolute atomic E-state index is 14.2. The van der Waals surface area contributed by atoms with E-state index in [1.165, 1.54) is 29.1 Å². The van der Waals surface area contributed by atoms with Crippen molar-refractivity contribution >= 4 is 35.3 Å². The molecule has 1 saturated heterocycles. The highest BCUT2D eigenvalue weighted by Gasteiger charge is 2.30. The highest BCUT2D eigenvalue weighted by atomic mass is 32.2. The van der Waals surface area contributed by atoms with E-state index in [0.717, 1.165) is 31.0 Å². The maximum atomic E-state index is 14.2. The van der Waals surface area contributed by atoms with Gasteiger partial charge in [0, 0.05) is 30.1 Å². The lowest BCUT2D eigenvalue weighted by Crippen LogP contribution is -2.43. The van der Waals surface area contributed by atoms with E-state index < -0.39 is 0 Å². The number of likely N-dealkylation sites (tertiary alicyclic amines) is 1. The van der Waals surface area contributed by atoms with Crippen molar-refractivity contribution < 1.29 is 14.0 Å². The first-order valence-electron chi connectivity index (χ1n) is 11.9. The summed E-state index contributed by atoms with van der Waals surface area (Å²) in [5, 5.41) is 2.97. The molecule has 2 aromatic rings. The molecular weight excluding hydrogens is 449 g/mol. The van der Waals surface area contributed by atoms with Gasteiger partial charge in [0.15, 0.2) is 0 Å². The van der Waals surface area contributed by atoms with Crippen LogP contribution in [-0.2, 0) is 9.59 Å². The summed E-state index contributed by atoms with van der Waals surface area (Å²) in [6.07, 6.45) is 3.72. The molecule has 2 atom stereocenters. The van der Waals surface area contributed by atoms with Gasteiger partial charge in [-0.1, -0.05) is 55.9 Å². The number of hydrogen-bond acceptors (Lipinski definition) is 4. The molecule has 2 aliphatic rings.